The van der Waals surface area contributed by atoms with Crippen LogP contribution in [0.1, 0.15) is 46.5 Å². The molecule has 1 aliphatic heterocycles. The fourth-order valence-corrected chi connectivity index (χ4v) is 2.43. The summed E-state index contributed by atoms with van der Waals surface area (Å²) in [5.74, 6) is 0. The summed E-state index contributed by atoms with van der Waals surface area (Å²) in [6.07, 6.45) is 3.13. The zero-order valence-corrected chi connectivity index (χ0v) is 14.8. The Bertz CT molecular complexity index is 382. The predicted octanol–water partition coefficient (Wildman–Crippen LogP) is 2.11. The van der Waals surface area contributed by atoms with Crippen molar-refractivity contribution in [2.45, 2.75) is 58.1 Å². The van der Waals surface area contributed by atoms with E-state index in [4.69, 9.17) is 9.47 Å². The molecule has 1 fully saturated rings. The smallest absolute Gasteiger partial charge is 0.407 e. The number of unbranched alkanes of at least 4 members (excludes halogenated alkanes) is 1. The second kappa shape index (κ2) is 9.60. The number of hydrogen-bond acceptors (Lipinski definition) is 4. The summed E-state index contributed by atoms with van der Waals surface area (Å²) in [4.78, 5) is 25.7. The molecule has 23 heavy (non-hydrogen) atoms. The first-order chi connectivity index (χ1) is 10.8. The third-order valence-corrected chi connectivity index (χ3v) is 3.48. The number of amides is 3. The molecule has 1 saturated heterocycles. The molecular weight excluding hydrogens is 298 g/mol. The molecule has 7 nitrogen and oxygen atoms in total. The number of carbonyl (C=O) groups excluding carboxylic acids is 2. The first-order valence-corrected chi connectivity index (χ1v) is 8.33. The summed E-state index contributed by atoms with van der Waals surface area (Å²) >= 11 is 0. The second-order valence-electron chi connectivity index (χ2n) is 6.86. The van der Waals surface area contributed by atoms with Crippen LogP contribution in [0.15, 0.2) is 0 Å². The highest BCUT2D eigenvalue weighted by Crippen LogP contribution is 2.12. The van der Waals surface area contributed by atoms with Gasteiger partial charge in [-0.2, -0.15) is 0 Å². The van der Waals surface area contributed by atoms with Crippen LogP contribution in [0.2, 0.25) is 0 Å². The lowest BCUT2D eigenvalue weighted by molar-refractivity contribution is 0.0479. The van der Waals surface area contributed by atoms with Gasteiger partial charge in [-0.3, -0.25) is 0 Å². The van der Waals surface area contributed by atoms with Gasteiger partial charge in [0.05, 0.1) is 0 Å². The molecule has 1 atom stereocenters. The van der Waals surface area contributed by atoms with Crippen LogP contribution in [-0.2, 0) is 9.47 Å². The van der Waals surface area contributed by atoms with Gasteiger partial charge in [-0.15, -0.1) is 0 Å². The molecule has 1 heterocycles. The first-order valence-electron chi connectivity index (χ1n) is 8.33. The van der Waals surface area contributed by atoms with Crippen LogP contribution in [0.5, 0.6) is 0 Å². The lowest BCUT2D eigenvalue weighted by Gasteiger charge is -2.33. The molecule has 7 heteroatoms. The number of urea groups is 1. The number of nitrogens with one attached hydrogen (secondary N) is 2. The second-order valence-corrected chi connectivity index (χ2v) is 6.86. The third kappa shape index (κ3) is 8.64. The maximum Gasteiger partial charge on any atom is 0.407 e. The molecule has 1 rings (SSSR count). The number of piperidine rings is 1. The lowest BCUT2D eigenvalue weighted by atomic mass is 10.1. The van der Waals surface area contributed by atoms with Crippen LogP contribution in [0, 0.1) is 0 Å². The van der Waals surface area contributed by atoms with E-state index in [1.807, 2.05) is 20.8 Å². The molecule has 2 N–H and O–H groups in total. The molecular formula is C16H31N3O4. The van der Waals surface area contributed by atoms with Crippen molar-refractivity contribution in [2.75, 3.05) is 33.4 Å². The van der Waals surface area contributed by atoms with Gasteiger partial charge in [0.15, 0.2) is 0 Å². The third-order valence-electron chi connectivity index (χ3n) is 3.48. The van der Waals surface area contributed by atoms with Crippen LogP contribution >= 0.6 is 0 Å². The molecule has 0 radical (unpaired) electrons. The number of alkyl carbamates (subject to hydrolysis) is 1. The van der Waals surface area contributed by atoms with Gasteiger partial charge in [0.25, 0.3) is 0 Å². The summed E-state index contributed by atoms with van der Waals surface area (Å²) < 4.78 is 10.2. The molecule has 0 aliphatic carbocycles. The van der Waals surface area contributed by atoms with E-state index in [0.717, 1.165) is 32.2 Å². The van der Waals surface area contributed by atoms with Crippen molar-refractivity contribution in [2.24, 2.45) is 0 Å². The lowest BCUT2D eigenvalue weighted by Crippen LogP contribution is -2.52. The fourth-order valence-electron chi connectivity index (χ4n) is 2.43. The van der Waals surface area contributed by atoms with Crippen LogP contribution in [0.4, 0.5) is 9.59 Å². The molecule has 134 valence electrons. The van der Waals surface area contributed by atoms with Gasteiger partial charge in [0, 0.05) is 39.4 Å². The van der Waals surface area contributed by atoms with Gasteiger partial charge in [0.2, 0.25) is 0 Å². The maximum atomic E-state index is 12.1. The number of nitrogens with zero attached hydrogens (tertiary/aromatic N) is 1. The molecule has 1 aliphatic rings. The van der Waals surface area contributed by atoms with E-state index in [1.54, 1.807) is 12.0 Å². The zero-order valence-electron chi connectivity index (χ0n) is 14.8. The highest BCUT2D eigenvalue weighted by Gasteiger charge is 2.26. The Balaban J connectivity index is 2.30. The molecule has 0 aromatic heterocycles. The maximum absolute atomic E-state index is 12.1. The monoisotopic (exact) mass is 329 g/mol. The van der Waals surface area contributed by atoms with Crippen molar-refractivity contribution >= 4 is 12.1 Å². The van der Waals surface area contributed by atoms with Gasteiger partial charge >= 0.3 is 12.1 Å². The molecule has 0 aromatic rings. The Kier molecular flexibility index (Phi) is 8.16. The Hall–Kier alpha value is -1.50. The molecule has 3 amide bonds. The van der Waals surface area contributed by atoms with Crippen LogP contribution in [0.3, 0.4) is 0 Å². The summed E-state index contributed by atoms with van der Waals surface area (Å²) in [6, 6.07) is -0.129. The van der Waals surface area contributed by atoms with Crippen molar-refractivity contribution in [3.63, 3.8) is 0 Å². The average molecular weight is 329 g/mol. The van der Waals surface area contributed by atoms with Crippen molar-refractivity contribution in [3.05, 3.63) is 0 Å². The van der Waals surface area contributed by atoms with Crippen molar-refractivity contribution in [1.29, 1.82) is 0 Å². The van der Waals surface area contributed by atoms with Gasteiger partial charge in [-0.1, -0.05) is 0 Å². The molecule has 0 spiro atoms. The Morgan fingerprint density at radius 1 is 1.26 bits per heavy atom. The molecule has 0 bridgehead atoms. The van der Waals surface area contributed by atoms with Gasteiger partial charge < -0.3 is 25.0 Å². The standard InChI is InChI=1S/C16H31N3O4/c1-16(2,3)23-15(21)18-13-8-7-10-19(12-13)14(20)17-9-5-6-11-22-4/h13H,5-12H2,1-4H3,(H,17,20)(H,18,21)/t13-/m1/s1. The fraction of sp³-hybridized carbons (Fsp3) is 0.875. The zero-order chi connectivity index (χ0) is 17.3. The number of carbonyl (C=O) groups is 2. The quantitative estimate of drug-likeness (QED) is 0.732. The SMILES string of the molecule is COCCCCNC(=O)N1CCC[C@@H](NC(=O)OC(C)(C)C)C1. The number of rotatable bonds is 6. The van der Waals surface area contributed by atoms with E-state index >= 15 is 0 Å². The normalized spacial score (nSPS) is 18.4. The van der Waals surface area contributed by atoms with E-state index in [2.05, 4.69) is 10.6 Å². The highest BCUT2D eigenvalue weighted by atomic mass is 16.6. The van der Waals surface area contributed by atoms with E-state index < -0.39 is 11.7 Å². The van der Waals surface area contributed by atoms with Crippen LogP contribution in [0.25, 0.3) is 0 Å². The number of hydrogen-bond donors (Lipinski definition) is 2. The number of ether oxygens (including phenoxy) is 2. The van der Waals surface area contributed by atoms with Crippen LogP contribution in [-0.4, -0.2) is 62.0 Å². The Morgan fingerprint density at radius 3 is 2.65 bits per heavy atom. The van der Waals surface area contributed by atoms with E-state index in [0.29, 0.717) is 19.7 Å². The minimum Gasteiger partial charge on any atom is -0.444 e. The minimum absolute atomic E-state index is 0.0576. The Labute approximate surface area is 139 Å². The molecule has 0 saturated carbocycles. The summed E-state index contributed by atoms with van der Waals surface area (Å²) in [5, 5.41) is 5.76. The van der Waals surface area contributed by atoms with Crippen molar-refractivity contribution < 1.29 is 19.1 Å². The summed E-state index contributed by atoms with van der Waals surface area (Å²) in [7, 11) is 1.67. The minimum atomic E-state index is -0.516. The topological polar surface area (TPSA) is 79.9 Å². The van der Waals surface area contributed by atoms with Gasteiger partial charge in [-0.25, -0.2) is 9.59 Å². The number of methoxy groups -OCH3 is 1. The van der Waals surface area contributed by atoms with E-state index in [1.165, 1.54) is 0 Å². The van der Waals surface area contributed by atoms with Crippen molar-refractivity contribution in [3.8, 4) is 0 Å². The molecule has 0 aromatic carbocycles. The largest absolute Gasteiger partial charge is 0.444 e. The van der Waals surface area contributed by atoms with Crippen LogP contribution < -0.4 is 10.6 Å². The van der Waals surface area contributed by atoms with Gasteiger partial charge in [-0.05, 0) is 46.5 Å². The molecule has 0 unspecified atom stereocenters. The van der Waals surface area contributed by atoms with E-state index in [-0.39, 0.29) is 12.1 Å². The average Bonchev–Trinajstić information content (AvgIpc) is 2.45. The summed E-state index contributed by atoms with van der Waals surface area (Å²) in [5.41, 5.74) is -0.516. The predicted molar refractivity (Wildman–Crippen MR) is 88.5 cm³/mol. The Morgan fingerprint density at radius 2 is 2.00 bits per heavy atom. The van der Waals surface area contributed by atoms with Crippen molar-refractivity contribution in [1.82, 2.24) is 15.5 Å². The number of likely N-dealkylation sites (tertiary alicyclic amines) is 1. The van der Waals surface area contributed by atoms with Gasteiger partial charge in [0.1, 0.15) is 5.60 Å². The highest BCUT2D eigenvalue weighted by molar-refractivity contribution is 5.74. The first kappa shape index (κ1) is 19.5. The van der Waals surface area contributed by atoms with E-state index in [9.17, 15) is 9.59 Å². The summed E-state index contributed by atoms with van der Waals surface area (Å²) in [6.45, 7) is 8.08.